The maximum Gasteiger partial charge on any atom is 0.372 e. The molecule has 0 aliphatic heterocycles. The largest absolute Gasteiger partial charge is 0.379 e. The van der Waals surface area contributed by atoms with Gasteiger partial charge < -0.3 is 5.11 Å². The van der Waals surface area contributed by atoms with Gasteiger partial charge in [0.1, 0.15) is 5.60 Å². The summed E-state index contributed by atoms with van der Waals surface area (Å²) in [6.45, 7) is 7.89. The third-order valence-corrected chi connectivity index (χ3v) is 0.867. The van der Waals surface area contributed by atoms with Crippen molar-refractivity contribution >= 4 is 5.97 Å². The van der Waals surface area contributed by atoms with Crippen molar-refractivity contribution in [3.05, 3.63) is 0 Å². The molecule has 0 bridgehead atoms. The van der Waals surface area contributed by atoms with E-state index in [-0.39, 0.29) is 0 Å². The zero-order valence-corrected chi connectivity index (χ0v) is 8.17. The van der Waals surface area contributed by atoms with E-state index in [9.17, 15) is 4.79 Å². The summed E-state index contributed by atoms with van der Waals surface area (Å²) in [6.07, 6.45) is 0. The minimum Gasteiger partial charge on any atom is -0.379 e. The van der Waals surface area contributed by atoms with Crippen LogP contribution < -0.4 is 0 Å². The zero-order chi connectivity index (χ0) is 9.99. The molecular formula is C8H16O4. The van der Waals surface area contributed by atoms with Crippen molar-refractivity contribution in [1.82, 2.24) is 0 Å². The van der Waals surface area contributed by atoms with Crippen LogP contribution >= 0.6 is 0 Å². The van der Waals surface area contributed by atoms with Gasteiger partial charge in [0.15, 0.2) is 5.60 Å². The van der Waals surface area contributed by atoms with Crippen molar-refractivity contribution in [2.45, 2.75) is 45.8 Å². The lowest BCUT2D eigenvalue weighted by Crippen LogP contribution is -2.35. The Labute approximate surface area is 72.4 Å². The normalized spacial score (nSPS) is 12.8. The summed E-state index contributed by atoms with van der Waals surface area (Å²) in [5.41, 5.74) is -2.06. The van der Waals surface area contributed by atoms with Crippen molar-refractivity contribution < 1.29 is 19.7 Å². The van der Waals surface area contributed by atoms with Gasteiger partial charge in [-0.25, -0.2) is 4.79 Å². The van der Waals surface area contributed by atoms with Crippen LogP contribution in [0.25, 0.3) is 0 Å². The highest BCUT2D eigenvalue weighted by Crippen LogP contribution is 2.11. The molecule has 12 heavy (non-hydrogen) atoms. The van der Waals surface area contributed by atoms with Crippen molar-refractivity contribution in [2.75, 3.05) is 0 Å². The second-order valence-electron chi connectivity index (χ2n) is 4.13. The Bertz CT molecular complexity index is 161. The summed E-state index contributed by atoms with van der Waals surface area (Å²) in [4.78, 5) is 20.0. The Morgan fingerprint density at radius 1 is 1.17 bits per heavy atom. The Kier molecular flexibility index (Phi) is 3.24. The predicted octanol–water partition coefficient (Wildman–Crippen LogP) is 1.03. The third kappa shape index (κ3) is 5.09. The Balaban J connectivity index is 3.90. The Morgan fingerprint density at radius 3 is 1.83 bits per heavy atom. The molecule has 0 aliphatic carbocycles. The molecule has 0 saturated carbocycles. The van der Waals surface area contributed by atoms with E-state index in [0.717, 1.165) is 0 Å². The molecule has 0 atom stereocenters. The zero-order valence-electron chi connectivity index (χ0n) is 8.17. The van der Waals surface area contributed by atoms with Crippen LogP contribution in [0.3, 0.4) is 0 Å². The van der Waals surface area contributed by atoms with E-state index in [4.69, 9.17) is 9.99 Å². The minimum absolute atomic E-state index is 0.555. The van der Waals surface area contributed by atoms with Gasteiger partial charge in [-0.2, -0.15) is 4.89 Å². The van der Waals surface area contributed by atoms with Crippen LogP contribution in [0.2, 0.25) is 0 Å². The monoisotopic (exact) mass is 176 g/mol. The Morgan fingerprint density at radius 2 is 1.58 bits per heavy atom. The molecule has 0 aromatic carbocycles. The first-order valence-corrected chi connectivity index (χ1v) is 3.75. The molecule has 0 amide bonds. The van der Waals surface area contributed by atoms with Crippen LogP contribution in [-0.4, -0.2) is 22.3 Å². The van der Waals surface area contributed by atoms with Crippen LogP contribution in [0.5, 0.6) is 0 Å². The molecule has 0 aromatic heterocycles. The summed E-state index contributed by atoms with van der Waals surface area (Å²) in [6, 6.07) is 0. The van der Waals surface area contributed by atoms with Crippen LogP contribution in [0.15, 0.2) is 0 Å². The minimum atomic E-state index is -1.51. The number of hydrogen-bond donors (Lipinski definition) is 1. The van der Waals surface area contributed by atoms with Crippen molar-refractivity contribution in [3.63, 3.8) is 0 Å². The standard InChI is InChI=1S/C8H16O4/c1-7(2,3)12-11-6(9)8(4,5)10/h10H,1-5H3. The molecule has 1 N–H and O–H groups in total. The maximum absolute atomic E-state index is 10.9. The van der Waals surface area contributed by atoms with Gasteiger partial charge in [0, 0.05) is 0 Å². The first kappa shape index (κ1) is 11.4. The highest BCUT2D eigenvalue weighted by molar-refractivity contribution is 5.77. The number of carbonyl (C=O) groups is 1. The molecule has 0 spiro atoms. The summed E-state index contributed by atoms with van der Waals surface area (Å²) >= 11 is 0. The average molecular weight is 176 g/mol. The van der Waals surface area contributed by atoms with E-state index in [1.165, 1.54) is 13.8 Å². The average Bonchev–Trinajstić information content (AvgIpc) is 1.78. The van der Waals surface area contributed by atoms with Gasteiger partial charge in [0.2, 0.25) is 0 Å². The molecule has 72 valence electrons. The summed E-state index contributed by atoms with van der Waals surface area (Å²) in [5, 5.41) is 9.13. The molecule has 0 heterocycles. The maximum atomic E-state index is 10.9. The number of rotatable bonds is 2. The second kappa shape index (κ2) is 3.41. The van der Waals surface area contributed by atoms with Gasteiger partial charge in [-0.05, 0) is 34.6 Å². The predicted molar refractivity (Wildman–Crippen MR) is 43.2 cm³/mol. The Hall–Kier alpha value is -0.610. The highest BCUT2D eigenvalue weighted by Gasteiger charge is 2.28. The molecule has 0 rings (SSSR count). The highest BCUT2D eigenvalue weighted by atomic mass is 17.2. The van der Waals surface area contributed by atoms with Crippen molar-refractivity contribution in [2.24, 2.45) is 0 Å². The number of hydrogen-bond acceptors (Lipinski definition) is 4. The lowest BCUT2D eigenvalue weighted by molar-refractivity contribution is -0.328. The first-order valence-electron chi connectivity index (χ1n) is 3.75. The van der Waals surface area contributed by atoms with Gasteiger partial charge in [0.05, 0.1) is 0 Å². The number of carbonyl (C=O) groups excluding carboxylic acids is 1. The quantitative estimate of drug-likeness (QED) is 0.504. The summed E-state index contributed by atoms with van der Waals surface area (Å²) < 4.78 is 0. The second-order valence-corrected chi connectivity index (χ2v) is 4.13. The summed E-state index contributed by atoms with van der Waals surface area (Å²) in [7, 11) is 0. The van der Waals surface area contributed by atoms with Crippen LogP contribution in [0.4, 0.5) is 0 Å². The van der Waals surface area contributed by atoms with Crippen molar-refractivity contribution in [3.8, 4) is 0 Å². The molecule has 4 nitrogen and oxygen atoms in total. The molecule has 0 aromatic rings. The van der Waals surface area contributed by atoms with E-state index in [1.54, 1.807) is 20.8 Å². The molecule has 0 aliphatic rings. The fourth-order valence-electron chi connectivity index (χ4n) is 0.265. The fraction of sp³-hybridized carbons (Fsp3) is 0.875. The van der Waals surface area contributed by atoms with Crippen molar-refractivity contribution in [1.29, 1.82) is 0 Å². The molecule has 0 saturated heterocycles. The van der Waals surface area contributed by atoms with Crippen LogP contribution in [0.1, 0.15) is 34.6 Å². The van der Waals surface area contributed by atoms with Gasteiger partial charge in [-0.15, -0.1) is 0 Å². The lowest BCUT2D eigenvalue weighted by Gasteiger charge is -2.20. The molecule has 0 fully saturated rings. The van der Waals surface area contributed by atoms with E-state index in [2.05, 4.69) is 4.89 Å². The van der Waals surface area contributed by atoms with E-state index < -0.39 is 17.2 Å². The topological polar surface area (TPSA) is 55.8 Å². The van der Waals surface area contributed by atoms with E-state index in [1.807, 2.05) is 0 Å². The molecule has 0 radical (unpaired) electrons. The van der Waals surface area contributed by atoms with Gasteiger partial charge in [-0.3, -0.25) is 4.89 Å². The molecular weight excluding hydrogens is 160 g/mol. The SMILES string of the molecule is CC(C)(C)OOC(=O)C(C)(C)O. The third-order valence-electron chi connectivity index (χ3n) is 0.867. The molecule has 4 heteroatoms. The van der Waals surface area contributed by atoms with Crippen LogP contribution in [0, 0.1) is 0 Å². The fourth-order valence-corrected chi connectivity index (χ4v) is 0.265. The lowest BCUT2D eigenvalue weighted by atomic mass is 10.1. The van der Waals surface area contributed by atoms with E-state index >= 15 is 0 Å². The number of aliphatic hydroxyl groups is 1. The van der Waals surface area contributed by atoms with Gasteiger partial charge >= 0.3 is 5.97 Å². The first-order chi connectivity index (χ1) is 5.13. The van der Waals surface area contributed by atoms with E-state index in [0.29, 0.717) is 0 Å². The van der Waals surface area contributed by atoms with Crippen LogP contribution in [-0.2, 0) is 14.6 Å². The van der Waals surface area contributed by atoms with Gasteiger partial charge in [0.25, 0.3) is 0 Å². The van der Waals surface area contributed by atoms with Gasteiger partial charge in [-0.1, -0.05) is 0 Å². The molecule has 0 unspecified atom stereocenters. The smallest absolute Gasteiger partial charge is 0.372 e. The summed E-state index contributed by atoms with van der Waals surface area (Å²) in [5.74, 6) is -0.794.